The normalized spacial score (nSPS) is 21.7. The number of amides is 3. The third-order valence-electron chi connectivity index (χ3n) is 4.78. The Morgan fingerprint density at radius 1 is 1.17 bits per heavy atom. The molecule has 0 aromatic heterocycles. The second-order valence-corrected chi connectivity index (χ2v) is 6.63. The van der Waals surface area contributed by atoms with Gasteiger partial charge in [-0.15, -0.1) is 0 Å². The number of rotatable bonds is 1. The quantitative estimate of drug-likeness (QED) is 0.834. The fourth-order valence-electron chi connectivity index (χ4n) is 3.50. The number of carbonyl (C=O) groups is 2. The molecule has 1 saturated heterocycles. The molecule has 2 aromatic rings. The molecule has 0 radical (unpaired) electrons. The minimum Gasteiger partial charge on any atom is -0.325 e. The van der Waals surface area contributed by atoms with E-state index in [2.05, 4.69) is 10.6 Å². The van der Waals surface area contributed by atoms with Gasteiger partial charge in [-0.2, -0.15) is 0 Å². The monoisotopic (exact) mass is 341 g/mol. The molecule has 1 fully saturated rings. The Kier molecular flexibility index (Phi) is 3.46. The Hall–Kier alpha value is -2.53. The Bertz CT molecular complexity index is 821. The van der Waals surface area contributed by atoms with Crippen molar-refractivity contribution in [1.82, 2.24) is 4.90 Å². The van der Waals surface area contributed by atoms with Crippen molar-refractivity contribution in [2.75, 3.05) is 23.7 Å². The molecule has 5 nitrogen and oxygen atoms in total. The Balaban J connectivity index is 1.53. The lowest BCUT2D eigenvalue weighted by Crippen LogP contribution is -2.40. The second-order valence-electron chi connectivity index (χ2n) is 6.19. The van der Waals surface area contributed by atoms with E-state index in [1.165, 1.54) is 0 Å². The summed E-state index contributed by atoms with van der Waals surface area (Å²) in [6.45, 7) is 0.927. The van der Waals surface area contributed by atoms with Crippen LogP contribution in [-0.4, -0.2) is 29.9 Å². The first-order chi connectivity index (χ1) is 11.6. The fraction of sp³-hybridized carbons (Fsp3) is 0.222. The first-order valence-electron chi connectivity index (χ1n) is 7.81. The van der Waals surface area contributed by atoms with Crippen LogP contribution in [0.4, 0.5) is 16.2 Å². The lowest BCUT2D eigenvalue weighted by atomic mass is 9.81. The maximum Gasteiger partial charge on any atom is 0.321 e. The van der Waals surface area contributed by atoms with Gasteiger partial charge in [-0.3, -0.25) is 4.79 Å². The SMILES string of the molecule is O=C(Nc1ccc(Cl)cc1)N1CCC2(C1)C(=O)Nc1ccccc12. The molecule has 2 aromatic carbocycles. The maximum absolute atomic E-state index is 12.5. The van der Waals surface area contributed by atoms with Crippen molar-refractivity contribution >= 4 is 34.9 Å². The molecule has 122 valence electrons. The van der Waals surface area contributed by atoms with Gasteiger partial charge >= 0.3 is 6.03 Å². The minimum atomic E-state index is -0.631. The van der Waals surface area contributed by atoms with E-state index >= 15 is 0 Å². The number of benzene rings is 2. The van der Waals surface area contributed by atoms with Gasteiger partial charge in [0.1, 0.15) is 0 Å². The Morgan fingerprint density at radius 2 is 1.92 bits per heavy atom. The largest absolute Gasteiger partial charge is 0.325 e. The fourth-order valence-corrected chi connectivity index (χ4v) is 3.62. The van der Waals surface area contributed by atoms with Crippen LogP contribution >= 0.6 is 11.6 Å². The highest BCUT2D eigenvalue weighted by Crippen LogP contribution is 2.44. The molecule has 24 heavy (non-hydrogen) atoms. The van der Waals surface area contributed by atoms with Gasteiger partial charge in [0.25, 0.3) is 0 Å². The molecular formula is C18H16ClN3O2. The zero-order valence-corrected chi connectivity index (χ0v) is 13.6. The van der Waals surface area contributed by atoms with Crippen LogP contribution in [0.25, 0.3) is 0 Å². The van der Waals surface area contributed by atoms with Gasteiger partial charge in [-0.25, -0.2) is 4.79 Å². The number of urea groups is 1. The minimum absolute atomic E-state index is 0.0227. The summed E-state index contributed by atoms with van der Waals surface area (Å²) in [7, 11) is 0. The van der Waals surface area contributed by atoms with Crippen LogP contribution in [-0.2, 0) is 10.2 Å². The third-order valence-corrected chi connectivity index (χ3v) is 5.03. The molecular weight excluding hydrogens is 326 g/mol. The molecule has 2 heterocycles. The summed E-state index contributed by atoms with van der Waals surface area (Å²) in [4.78, 5) is 26.7. The summed E-state index contributed by atoms with van der Waals surface area (Å²) in [5, 5.41) is 6.40. The predicted octanol–water partition coefficient (Wildman–Crippen LogP) is 3.47. The molecule has 3 amide bonds. The average Bonchev–Trinajstić information content (AvgIpc) is 3.14. The Labute approximate surface area is 144 Å². The van der Waals surface area contributed by atoms with E-state index in [9.17, 15) is 9.59 Å². The summed E-state index contributed by atoms with van der Waals surface area (Å²) >= 11 is 5.85. The third kappa shape index (κ3) is 2.32. The van der Waals surface area contributed by atoms with Crippen molar-refractivity contribution in [1.29, 1.82) is 0 Å². The van der Waals surface area contributed by atoms with Gasteiger partial charge in [0, 0.05) is 29.5 Å². The van der Waals surface area contributed by atoms with Gasteiger partial charge in [0.05, 0.1) is 5.41 Å². The van der Waals surface area contributed by atoms with Crippen LogP contribution in [0.15, 0.2) is 48.5 Å². The van der Waals surface area contributed by atoms with Crippen molar-refractivity contribution in [3.8, 4) is 0 Å². The van der Waals surface area contributed by atoms with E-state index in [1.807, 2.05) is 24.3 Å². The van der Waals surface area contributed by atoms with Gasteiger partial charge in [0.15, 0.2) is 0 Å². The molecule has 0 bridgehead atoms. The van der Waals surface area contributed by atoms with E-state index in [0.717, 1.165) is 11.3 Å². The number of anilines is 2. The highest BCUT2D eigenvalue weighted by Gasteiger charge is 2.51. The molecule has 1 spiro atoms. The molecule has 4 rings (SSSR count). The van der Waals surface area contributed by atoms with Crippen molar-refractivity contribution in [2.24, 2.45) is 0 Å². The van der Waals surface area contributed by atoms with Crippen LogP contribution < -0.4 is 10.6 Å². The molecule has 1 atom stereocenters. The number of hydrogen-bond acceptors (Lipinski definition) is 2. The first kappa shape index (κ1) is 15.0. The zero-order valence-electron chi connectivity index (χ0n) is 12.9. The standard InChI is InChI=1S/C18H16ClN3O2/c19-12-5-7-13(8-6-12)20-17(24)22-10-9-18(11-22)14-3-1-2-4-15(14)21-16(18)23/h1-8H,9-11H2,(H,20,24)(H,21,23). The maximum atomic E-state index is 12.5. The molecule has 2 N–H and O–H groups in total. The highest BCUT2D eigenvalue weighted by molar-refractivity contribution is 6.30. The summed E-state index contributed by atoms with van der Waals surface area (Å²) < 4.78 is 0. The average molecular weight is 342 g/mol. The van der Waals surface area contributed by atoms with Gasteiger partial charge in [-0.1, -0.05) is 29.8 Å². The number of para-hydroxylation sites is 1. The van der Waals surface area contributed by atoms with Gasteiger partial charge < -0.3 is 15.5 Å². The summed E-state index contributed by atoms with van der Waals surface area (Å²) in [5.41, 5.74) is 1.88. The number of fused-ring (bicyclic) bond motifs is 2. The van der Waals surface area contributed by atoms with Crippen LogP contribution in [0.5, 0.6) is 0 Å². The van der Waals surface area contributed by atoms with E-state index in [0.29, 0.717) is 30.2 Å². The smallest absolute Gasteiger partial charge is 0.321 e. The summed E-state index contributed by atoms with van der Waals surface area (Å²) in [6.07, 6.45) is 0.629. The van der Waals surface area contributed by atoms with E-state index in [-0.39, 0.29) is 11.9 Å². The lowest BCUT2D eigenvalue weighted by molar-refractivity contribution is -0.120. The van der Waals surface area contributed by atoms with E-state index in [1.54, 1.807) is 29.2 Å². The van der Waals surface area contributed by atoms with Crippen LogP contribution in [0.1, 0.15) is 12.0 Å². The van der Waals surface area contributed by atoms with Crippen LogP contribution in [0.3, 0.4) is 0 Å². The summed E-state index contributed by atoms with van der Waals surface area (Å²) in [5.74, 6) is -0.0227. The van der Waals surface area contributed by atoms with Crippen molar-refractivity contribution in [2.45, 2.75) is 11.8 Å². The molecule has 2 aliphatic rings. The molecule has 2 aliphatic heterocycles. The number of carbonyl (C=O) groups excluding carboxylic acids is 2. The van der Waals surface area contributed by atoms with Gasteiger partial charge in [-0.05, 0) is 42.3 Å². The van der Waals surface area contributed by atoms with Crippen LogP contribution in [0.2, 0.25) is 5.02 Å². The zero-order chi connectivity index (χ0) is 16.7. The van der Waals surface area contributed by atoms with Crippen molar-refractivity contribution in [3.63, 3.8) is 0 Å². The number of halogens is 1. The molecule has 1 unspecified atom stereocenters. The van der Waals surface area contributed by atoms with Crippen LogP contribution in [0, 0.1) is 0 Å². The number of likely N-dealkylation sites (tertiary alicyclic amines) is 1. The Morgan fingerprint density at radius 3 is 2.71 bits per heavy atom. The lowest BCUT2D eigenvalue weighted by Gasteiger charge is -2.22. The van der Waals surface area contributed by atoms with E-state index < -0.39 is 5.41 Å². The number of nitrogens with one attached hydrogen (secondary N) is 2. The van der Waals surface area contributed by atoms with Crippen molar-refractivity contribution < 1.29 is 9.59 Å². The molecule has 0 aliphatic carbocycles. The number of nitrogens with zero attached hydrogens (tertiary/aromatic N) is 1. The predicted molar refractivity (Wildman–Crippen MR) is 93.4 cm³/mol. The topological polar surface area (TPSA) is 61.4 Å². The highest BCUT2D eigenvalue weighted by atomic mass is 35.5. The molecule has 0 saturated carbocycles. The number of hydrogen-bond donors (Lipinski definition) is 2. The molecule has 6 heteroatoms. The first-order valence-corrected chi connectivity index (χ1v) is 8.19. The van der Waals surface area contributed by atoms with Crippen molar-refractivity contribution in [3.05, 3.63) is 59.1 Å². The second kappa shape index (κ2) is 5.53. The van der Waals surface area contributed by atoms with Gasteiger partial charge in [0.2, 0.25) is 5.91 Å². The summed E-state index contributed by atoms with van der Waals surface area (Å²) in [6, 6.07) is 14.5. The van der Waals surface area contributed by atoms with E-state index in [4.69, 9.17) is 11.6 Å².